The first-order valence-corrected chi connectivity index (χ1v) is 11.1. The lowest BCUT2D eigenvalue weighted by atomic mass is 9.99. The molecule has 178 valence electrons. The molecule has 1 N–H and O–H groups in total. The van der Waals surface area contributed by atoms with Gasteiger partial charge in [0.1, 0.15) is 29.2 Å². The average molecular weight is 489 g/mol. The number of carbonyl (C=O) groups excluding carboxylic acids is 1. The molecule has 1 aliphatic rings. The van der Waals surface area contributed by atoms with Gasteiger partial charge in [-0.25, -0.2) is 18.7 Å². The molecule has 0 spiro atoms. The van der Waals surface area contributed by atoms with E-state index in [-0.39, 0.29) is 51.4 Å². The normalized spacial score (nSPS) is 16.1. The number of rotatable bonds is 5. The van der Waals surface area contributed by atoms with E-state index in [9.17, 15) is 14.3 Å². The first-order valence-electron chi connectivity index (χ1n) is 10.7. The molecule has 7 nitrogen and oxygen atoms in total. The van der Waals surface area contributed by atoms with Gasteiger partial charge in [0, 0.05) is 31.2 Å². The number of aromatic nitrogens is 2. The molecule has 1 fully saturated rings. The van der Waals surface area contributed by atoms with Crippen LogP contribution in [-0.4, -0.2) is 58.2 Å². The Labute approximate surface area is 200 Å². The molecule has 34 heavy (non-hydrogen) atoms. The third-order valence-corrected chi connectivity index (χ3v) is 6.18. The van der Waals surface area contributed by atoms with Gasteiger partial charge in [-0.1, -0.05) is 24.2 Å². The second-order valence-corrected chi connectivity index (χ2v) is 8.23. The summed E-state index contributed by atoms with van der Waals surface area (Å²) < 4.78 is 36.3. The zero-order valence-electron chi connectivity index (χ0n) is 18.7. The molecule has 0 saturated carbocycles. The molecule has 10 heteroatoms. The van der Waals surface area contributed by atoms with Crippen LogP contribution in [0, 0.1) is 11.6 Å². The molecule has 3 aromatic rings. The Bertz CT molecular complexity index is 1270. The van der Waals surface area contributed by atoms with Crippen LogP contribution in [0.5, 0.6) is 11.5 Å². The summed E-state index contributed by atoms with van der Waals surface area (Å²) in [6, 6.07) is 3.49. The Morgan fingerprint density at radius 2 is 2.09 bits per heavy atom. The van der Waals surface area contributed by atoms with Crippen LogP contribution < -0.4 is 9.64 Å². The van der Waals surface area contributed by atoms with Gasteiger partial charge in [0.25, 0.3) is 0 Å². The maximum atomic E-state index is 15.9. The number of phenolic OH excluding ortho intramolecular Hbond substituents is 1. The summed E-state index contributed by atoms with van der Waals surface area (Å²) in [5.41, 5.74) is -0.836. The van der Waals surface area contributed by atoms with E-state index in [0.29, 0.717) is 25.5 Å². The van der Waals surface area contributed by atoms with Gasteiger partial charge in [-0.05, 0) is 32.1 Å². The summed E-state index contributed by atoms with van der Waals surface area (Å²) >= 11 is 6.60. The van der Waals surface area contributed by atoms with Gasteiger partial charge >= 0.3 is 0 Å². The van der Waals surface area contributed by atoms with E-state index in [4.69, 9.17) is 16.3 Å². The number of piperazine rings is 1. The fourth-order valence-corrected chi connectivity index (χ4v) is 4.60. The predicted molar refractivity (Wildman–Crippen MR) is 126 cm³/mol. The van der Waals surface area contributed by atoms with Gasteiger partial charge < -0.3 is 19.6 Å². The highest BCUT2D eigenvalue weighted by Crippen LogP contribution is 2.48. The minimum Gasteiger partial charge on any atom is -0.507 e. The van der Waals surface area contributed by atoms with Gasteiger partial charge in [0.2, 0.25) is 5.91 Å². The highest BCUT2D eigenvalue weighted by atomic mass is 35.5. The first kappa shape index (κ1) is 23.7. The molecular formula is C24H23ClF2N4O3. The van der Waals surface area contributed by atoms with Gasteiger partial charge in [-0.2, -0.15) is 0 Å². The second kappa shape index (κ2) is 9.42. The zero-order valence-corrected chi connectivity index (χ0v) is 19.4. The van der Waals surface area contributed by atoms with Gasteiger partial charge in [-0.15, -0.1) is 0 Å². The van der Waals surface area contributed by atoms with E-state index in [1.54, 1.807) is 11.8 Å². The lowest BCUT2D eigenvalue weighted by molar-refractivity contribution is -0.126. The molecule has 4 rings (SSSR count). The monoisotopic (exact) mass is 488 g/mol. The van der Waals surface area contributed by atoms with Crippen LogP contribution >= 0.6 is 11.6 Å². The summed E-state index contributed by atoms with van der Waals surface area (Å²) in [5.74, 6) is -1.90. The number of nitrogens with zero attached hydrogens (tertiary/aromatic N) is 4. The summed E-state index contributed by atoms with van der Waals surface area (Å²) in [6.07, 6.45) is 2.48. The molecule has 0 bridgehead atoms. The molecule has 0 aliphatic carbocycles. The van der Waals surface area contributed by atoms with Crippen molar-refractivity contribution in [2.24, 2.45) is 0 Å². The number of phenols is 1. The van der Waals surface area contributed by atoms with Crippen LogP contribution in [0.25, 0.3) is 22.0 Å². The molecule has 1 saturated heterocycles. The van der Waals surface area contributed by atoms with Gasteiger partial charge in [-0.3, -0.25) is 4.79 Å². The standard InChI is InChI=1S/C24H23ClF2N4O3/c1-4-16(33)30-9-10-31(13(3)11-30)24-19-22(28-12-29-24)21(27)18(20(25)23(19)34-5-2)17-14(26)7-6-8-15(17)32/h4,6-8,12-13,32H,1,5,9-11H2,2-3H3. The molecule has 2 aromatic carbocycles. The number of hydrogen-bond acceptors (Lipinski definition) is 6. The lowest BCUT2D eigenvalue weighted by Gasteiger charge is -2.40. The third kappa shape index (κ3) is 3.90. The van der Waals surface area contributed by atoms with Crippen LogP contribution in [0.4, 0.5) is 14.6 Å². The van der Waals surface area contributed by atoms with Crippen molar-refractivity contribution in [2.45, 2.75) is 19.9 Å². The van der Waals surface area contributed by atoms with Crippen molar-refractivity contribution in [3.05, 3.63) is 53.8 Å². The number of fused-ring (bicyclic) bond motifs is 1. The maximum absolute atomic E-state index is 15.9. The third-order valence-electron chi connectivity index (χ3n) is 5.82. The highest BCUT2D eigenvalue weighted by Gasteiger charge is 2.32. The predicted octanol–water partition coefficient (Wildman–Crippen LogP) is 4.56. The Morgan fingerprint density at radius 1 is 1.32 bits per heavy atom. The van der Waals surface area contributed by atoms with Crippen LogP contribution in [0.15, 0.2) is 37.2 Å². The molecule has 1 amide bonds. The van der Waals surface area contributed by atoms with Crippen LogP contribution in [0.1, 0.15) is 13.8 Å². The highest BCUT2D eigenvalue weighted by molar-refractivity contribution is 6.36. The van der Waals surface area contributed by atoms with Gasteiger partial charge in [0.05, 0.1) is 22.6 Å². The molecular weight excluding hydrogens is 466 g/mol. The second-order valence-electron chi connectivity index (χ2n) is 7.85. The SMILES string of the molecule is C=CC(=O)N1CCN(c2ncnc3c(F)c(-c4c(O)cccc4F)c(Cl)c(OCC)c23)C(C)C1. The smallest absolute Gasteiger partial charge is 0.246 e. The number of carbonyl (C=O) groups is 1. The summed E-state index contributed by atoms with van der Waals surface area (Å²) in [7, 11) is 0. The maximum Gasteiger partial charge on any atom is 0.246 e. The van der Waals surface area contributed by atoms with Crippen LogP contribution in [0.3, 0.4) is 0 Å². The van der Waals surface area contributed by atoms with Crippen molar-refractivity contribution in [1.82, 2.24) is 14.9 Å². The topological polar surface area (TPSA) is 78.8 Å². The van der Waals surface area contributed by atoms with E-state index < -0.39 is 17.4 Å². The number of ether oxygens (including phenoxy) is 1. The average Bonchev–Trinajstić information content (AvgIpc) is 2.82. The number of aromatic hydroxyl groups is 1. The summed E-state index contributed by atoms with van der Waals surface area (Å²) in [6.45, 7) is 8.63. The fourth-order valence-electron chi connectivity index (χ4n) is 4.27. The van der Waals surface area contributed by atoms with Crippen molar-refractivity contribution in [3.8, 4) is 22.6 Å². The van der Waals surface area contributed by atoms with Crippen LogP contribution in [-0.2, 0) is 4.79 Å². The van der Waals surface area contributed by atoms with E-state index in [1.807, 2.05) is 11.8 Å². The first-order chi connectivity index (χ1) is 16.3. The minimum atomic E-state index is -0.902. The fraction of sp³-hybridized carbons (Fsp3) is 0.292. The quantitative estimate of drug-likeness (QED) is 0.531. The van der Waals surface area contributed by atoms with E-state index in [2.05, 4.69) is 16.5 Å². The molecule has 1 unspecified atom stereocenters. The van der Waals surface area contributed by atoms with Crippen LogP contribution in [0.2, 0.25) is 5.02 Å². The summed E-state index contributed by atoms with van der Waals surface area (Å²) in [4.78, 5) is 24.2. The van der Waals surface area contributed by atoms with Crippen molar-refractivity contribution >= 4 is 34.2 Å². The lowest BCUT2D eigenvalue weighted by Crippen LogP contribution is -2.53. The number of hydrogen-bond donors (Lipinski definition) is 1. The minimum absolute atomic E-state index is 0.0885. The molecule has 1 aliphatic heterocycles. The van der Waals surface area contributed by atoms with Crippen molar-refractivity contribution in [3.63, 3.8) is 0 Å². The summed E-state index contributed by atoms with van der Waals surface area (Å²) in [5, 5.41) is 10.3. The number of halogens is 3. The Balaban J connectivity index is 1.94. The number of amides is 1. The molecule has 0 radical (unpaired) electrons. The van der Waals surface area contributed by atoms with Gasteiger partial charge in [0.15, 0.2) is 11.6 Å². The van der Waals surface area contributed by atoms with Crippen molar-refractivity contribution in [2.75, 3.05) is 31.1 Å². The van der Waals surface area contributed by atoms with Crippen molar-refractivity contribution in [1.29, 1.82) is 0 Å². The number of anilines is 1. The van der Waals surface area contributed by atoms with E-state index in [0.717, 1.165) is 6.07 Å². The molecule has 2 heterocycles. The Hall–Kier alpha value is -3.46. The molecule has 1 aromatic heterocycles. The van der Waals surface area contributed by atoms with E-state index >= 15 is 4.39 Å². The zero-order chi connectivity index (χ0) is 24.6. The molecule has 1 atom stereocenters. The van der Waals surface area contributed by atoms with E-state index in [1.165, 1.54) is 24.5 Å². The Morgan fingerprint density at radius 3 is 2.74 bits per heavy atom. The van der Waals surface area contributed by atoms with Crippen molar-refractivity contribution < 1.29 is 23.4 Å². The Kier molecular flexibility index (Phi) is 6.56. The largest absolute Gasteiger partial charge is 0.507 e. The number of benzene rings is 2.